The second-order valence-corrected chi connectivity index (χ2v) is 6.05. The lowest BCUT2D eigenvalue weighted by Gasteiger charge is -2.11. The van der Waals surface area contributed by atoms with Crippen molar-refractivity contribution in [3.8, 4) is 0 Å². The first-order chi connectivity index (χ1) is 9.29. The molecule has 0 aliphatic heterocycles. The lowest BCUT2D eigenvalue weighted by atomic mass is 10.2. The summed E-state index contributed by atoms with van der Waals surface area (Å²) < 4.78 is 22.6. The second-order valence-electron chi connectivity index (χ2n) is 4.08. The standard InChI is InChI=1S/C11H11ClN4O3S/c1-6-2-8(20(13,18)19)3-9(12)10(6)16-11(17)7-4-14-15-5-7/h2-5H,1H3,(H,14,15)(H,16,17)(H2,13,18,19). The number of rotatable bonds is 3. The molecule has 0 spiro atoms. The van der Waals surface area contributed by atoms with Crippen LogP contribution >= 0.6 is 11.6 Å². The minimum Gasteiger partial charge on any atom is -0.320 e. The Morgan fingerprint density at radius 1 is 1.45 bits per heavy atom. The Morgan fingerprint density at radius 3 is 2.65 bits per heavy atom. The molecule has 1 heterocycles. The maximum atomic E-state index is 11.9. The van der Waals surface area contributed by atoms with E-state index in [0.29, 0.717) is 16.8 Å². The number of aromatic amines is 1. The van der Waals surface area contributed by atoms with E-state index in [1.165, 1.54) is 24.5 Å². The van der Waals surface area contributed by atoms with Crippen molar-refractivity contribution in [2.45, 2.75) is 11.8 Å². The molecule has 0 bridgehead atoms. The van der Waals surface area contributed by atoms with Gasteiger partial charge in [0, 0.05) is 6.20 Å². The van der Waals surface area contributed by atoms with Crippen LogP contribution in [0.5, 0.6) is 0 Å². The van der Waals surface area contributed by atoms with E-state index in [1.54, 1.807) is 6.92 Å². The van der Waals surface area contributed by atoms with Gasteiger partial charge in [-0.05, 0) is 24.6 Å². The van der Waals surface area contributed by atoms with Crippen LogP contribution < -0.4 is 10.5 Å². The molecule has 0 aliphatic rings. The fourth-order valence-electron chi connectivity index (χ4n) is 1.60. The number of H-pyrrole nitrogens is 1. The number of nitrogens with one attached hydrogen (secondary N) is 2. The molecule has 0 atom stereocenters. The van der Waals surface area contributed by atoms with E-state index in [4.69, 9.17) is 16.7 Å². The molecule has 20 heavy (non-hydrogen) atoms. The van der Waals surface area contributed by atoms with Gasteiger partial charge >= 0.3 is 0 Å². The number of nitrogens with zero attached hydrogens (tertiary/aromatic N) is 1. The van der Waals surface area contributed by atoms with Crippen LogP contribution in [-0.4, -0.2) is 24.5 Å². The third kappa shape index (κ3) is 2.98. The van der Waals surface area contributed by atoms with Gasteiger partial charge in [0.15, 0.2) is 0 Å². The third-order valence-electron chi connectivity index (χ3n) is 2.59. The van der Waals surface area contributed by atoms with Gasteiger partial charge in [0.25, 0.3) is 5.91 Å². The summed E-state index contributed by atoms with van der Waals surface area (Å²) >= 11 is 5.99. The van der Waals surface area contributed by atoms with Gasteiger partial charge in [-0.15, -0.1) is 0 Å². The number of amides is 1. The SMILES string of the molecule is Cc1cc(S(N)(=O)=O)cc(Cl)c1NC(=O)c1cn[nH]c1. The lowest BCUT2D eigenvalue weighted by Crippen LogP contribution is -2.15. The molecule has 1 aromatic heterocycles. The van der Waals surface area contributed by atoms with Crippen LogP contribution in [0.4, 0.5) is 5.69 Å². The summed E-state index contributed by atoms with van der Waals surface area (Å²) in [5.74, 6) is -0.410. The molecule has 106 valence electrons. The van der Waals surface area contributed by atoms with Crippen molar-refractivity contribution >= 4 is 33.2 Å². The first-order valence-electron chi connectivity index (χ1n) is 5.42. The fraction of sp³-hybridized carbons (Fsp3) is 0.0909. The molecule has 7 nitrogen and oxygen atoms in total. The van der Waals surface area contributed by atoms with Gasteiger partial charge < -0.3 is 5.32 Å². The van der Waals surface area contributed by atoms with E-state index in [9.17, 15) is 13.2 Å². The highest BCUT2D eigenvalue weighted by Crippen LogP contribution is 2.29. The summed E-state index contributed by atoms with van der Waals surface area (Å²) in [7, 11) is -3.85. The van der Waals surface area contributed by atoms with Gasteiger partial charge in [-0.25, -0.2) is 13.6 Å². The Balaban J connectivity index is 2.37. The molecule has 1 aromatic carbocycles. The molecule has 1 amide bonds. The first-order valence-corrected chi connectivity index (χ1v) is 7.34. The number of halogens is 1. The van der Waals surface area contributed by atoms with Crippen LogP contribution in [0.15, 0.2) is 29.4 Å². The normalized spacial score (nSPS) is 11.3. The summed E-state index contributed by atoms with van der Waals surface area (Å²) in [4.78, 5) is 11.8. The van der Waals surface area contributed by atoms with Crippen LogP contribution in [0.25, 0.3) is 0 Å². The molecular weight excluding hydrogens is 304 g/mol. The number of nitrogens with two attached hydrogens (primary N) is 1. The van der Waals surface area contributed by atoms with Crippen molar-refractivity contribution in [2.24, 2.45) is 5.14 Å². The highest BCUT2D eigenvalue weighted by atomic mass is 35.5. The van der Waals surface area contributed by atoms with E-state index in [0.717, 1.165) is 0 Å². The van der Waals surface area contributed by atoms with Crippen molar-refractivity contribution in [3.63, 3.8) is 0 Å². The highest BCUT2D eigenvalue weighted by Gasteiger charge is 2.16. The molecule has 0 aliphatic carbocycles. The predicted octanol–water partition coefficient (Wildman–Crippen LogP) is 1.27. The molecule has 4 N–H and O–H groups in total. The molecule has 0 saturated carbocycles. The number of aromatic nitrogens is 2. The first kappa shape index (κ1) is 14.5. The second kappa shape index (κ2) is 5.23. The maximum Gasteiger partial charge on any atom is 0.258 e. The van der Waals surface area contributed by atoms with Gasteiger partial charge in [-0.1, -0.05) is 11.6 Å². The number of anilines is 1. The number of primary sulfonamides is 1. The zero-order chi connectivity index (χ0) is 14.9. The Hall–Kier alpha value is -1.90. The predicted molar refractivity (Wildman–Crippen MR) is 74.1 cm³/mol. The number of hydrogen-bond acceptors (Lipinski definition) is 4. The molecule has 2 aromatic rings. The summed E-state index contributed by atoms with van der Waals surface area (Å²) in [5, 5.41) is 13.9. The topological polar surface area (TPSA) is 118 Å². The minimum atomic E-state index is -3.85. The van der Waals surface area contributed by atoms with E-state index < -0.39 is 15.9 Å². The zero-order valence-corrected chi connectivity index (χ0v) is 11.9. The fourth-order valence-corrected chi connectivity index (χ4v) is 2.60. The number of sulfonamides is 1. The lowest BCUT2D eigenvalue weighted by molar-refractivity contribution is 0.102. The van der Waals surface area contributed by atoms with Crippen LogP contribution in [0.3, 0.4) is 0 Å². The van der Waals surface area contributed by atoms with Crippen LogP contribution in [-0.2, 0) is 10.0 Å². The smallest absolute Gasteiger partial charge is 0.258 e. The quantitative estimate of drug-likeness (QED) is 0.790. The van der Waals surface area contributed by atoms with Crippen molar-refractivity contribution in [2.75, 3.05) is 5.32 Å². The molecule has 9 heteroatoms. The average molecular weight is 315 g/mol. The van der Waals surface area contributed by atoms with Crippen LogP contribution in [0.2, 0.25) is 5.02 Å². The van der Waals surface area contributed by atoms with E-state index >= 15 is 0 Å². The number of hydrogen-bond donors (Lipinski definition) is 3. The number of carbonyl (C=O) groups is 1. The molecule has 2 rings (SSSR count). The number of benzene rings is 1. The summed E-state index contributed by atoms with van der Waals surface area (Å²) in [6, 6.07) is 2.53. The molecule has 0 radical (unpaired) electrons. The summed E-state index contributed by atoms with van der Waals surface area (Å²) in [6.07, 6.45) is 2.79. The van der Waals surface area contributed by atoms with Gasteiger partial charge in [0.1, 0.15) is 0 Å². The Bertz CT molecular complexity index is 733. The highest BCUT2D eigenvalue weighted by molar-refractivity contribution is 7.89. The molecule has 0 fully saturated rings. The number of aryl methyl sites for hydroxylation is 1. The Labute approximate surface area is 120 Å². The van der Waals surface area contributed by atoms with Gasteiger partial charge in [-0.2, -0.15) is 5.10 Å². The third-order valence-corrected chi connectivity index (χ3v) is 3.78. The van der Waals surface area contributed by atoms with Crippen molar-refractivity contribution in [3.05, 3.63) is 40.7 Å². The molecular formula is C11H11ClN4O3S. The van der Waals surface area contributed by atoms with E-state index in [2.05, 4.69) is 15.5 Å². The molecule has 0 unspecified atom stereocenters. The van der Waals surface area contributed by atoms with Crippen LogP contribution in [0, 0.1) is 6.92 Å². The van der Waals surface area contributed by atoms with E-state index in [-0.39, 0.29) is 9.92 Å². The maximum absolute atomic E-state index is 11.9. The van der Waals surface area contributed by atoms with Crippen molar-refractivity contribution < 1.29 is 13.2 Å². The van der Waals surface area contributed by atoms with Gasteiger partial charge in [-0.3, -0.25) is 9.89 Å². The summed E-state index contributed by atoms with van der Waals surface area (Å²) in [6.45, 7) is 1.62. The molecule has 0 saturated heterocycles. The van der Waals surface area contributed by atoms with Gasteiger partial charge in [0.05, 0.1) is 27.4 Å². The van der Waals surface area contributed by atoms with Crippen molar-refractivity contribution in [1.29, 1.82) is 0 Å². The number of carbonyl (C=O) groups excluding carboxylic acids is 1. The Morgan fingerprint density at radius 2 is 2.15 bits per heavy atom. The monoisotopic (exact) mass is 314 g/mol. The largest absolute Gasteiger partial charge is 0.320 e. The van der Waals surface area contributed by atoms with Crippen LogP contribution in [0.1, 0.15) is 15.9 Å². The minimum absolute atomic E-state index is 0.0888. The van der Waals surface area contributed by atoms with Crippen molar-refractivity contribution in [1.82, 2.24) is 10.2 Å². The van der Waals surface area contributed by atoms with E-state index in [1.807, 2.05) is 0 Å². The zero-order valence-electron chi connectivity index (χ0n) is 10.3. The van der Waals surface area contributed by atoms with Gasteiger partial charge in [0.2, 0.25) is 10.0 Å². The average Bonchev–Trinajstić information content (AvgIpc) is 2.85. The summed E-state index contributed by atoms with van der Waals surface area (Å²) in [5.41, 5.74) is 1.14. The Kier molecular flexibility index (Phi) is 3.80.